The third-order valence-electron chi connectivity index (χ3n) is 2.66. The second-order valence-electron chi connectivity index (χ2n) is 4.22. The Morgan fingerprint density at radius 3 is 2.38 bits per heavy atom. The average molecular weight is 283 g/mol. The van der Waals surface area contributed by atoms with E-state index in [4.69, 9.17) is 5.73 Å². The topological polar surface area (TPSA) is 67.5 Å². The lowest BCUT2D eigenvalue weighted by atomic mass is 10.1. The SMILES string of the molecule is NC(=O)N/N=C(/C=C/c1ccccc1)c1ccc(F)cc1. The fourth-order valence-electron chi connectivity index (χ4n) is 1.67. The first kappa shape index (κ1) is 14.5. The summed E-state index contributed by atoms with van der Waals surface area (Å²) < 4.78 is 13.0. The van der Waals surface area contributed by atoms with Crippen molar-refractivity contribution in [1.29, 1.82) is 0 Å². The van der Waals surface area contributed by atoms with Crippen molar-refractivity contribution < 1.29 is 9.18 Å². The van der Waals surface area contributed by atoms with E-state index in [0.29, 0.717) is 11.3 Å². The van der Waals surface area contributed by atoms with Crippen LogP contribution >= 0.6 is 0 Å². The standard InChI is InChI=1S/C16H14FN3O/c17-14-9-7-13(8-10-14)15(19-20-16(18)21)11-6-12-4-2-1-3-5-12/h1-11H,(H3,18,20,21)/b11-6+,19-15-. The van der Waals surface area contributed by atoms with Gasteiger partial charge in [-0.25, -0.2) is 14.6 Å². The molecule has 0 bridgehead atoms. The lowest BCUT2D eigenvalue weighted by Gasteiger charge is -2.02. The summed E-state index contributed by atoms with van der Waals surface area (Å²) in [5.41, 5.74) is 9.30. The van der Waals surface area contributed by atoms with Crippen molar-refractivity contribution in [3.8, 4) is 0 Å². The molecule has 4 nitrogen and oxygen atoms in total. The van der Waals surface area contributed by atoms with Gasteiger partial charge in [-0.05, 0) is 35.9 Å². The van der Waals surface area contributed by atoms with Gasteiger partial charge in [0.2, 0.25) is 0 Å². The van der Waals surface area contributed by atoms with Gasteiger partial charge in [0.25, 0.3) is 0 Å². The summed E-state index contributed by atoms with van der Waals surface area (Å²) in [5.74, 6) is -0.340. The molecule has 0 saturated carbocycles. The molecule has 0 saturated heterocycles. The second kappa shape index (κ2) is 7.00. The largest absolute Gasteiger partial charge is 0.350 e. The molecule has 0 atom stereocenters. The Balaban J connectivity index is 2.28. The molecule has 0 unspecified atom stereocenters. The first-order chi connectivity index (χ1) is 10.1. The normalized spacial score (nSPS) is 11.6. The van der Waals surface area contributed by atoms with E-state index in [1.165, 1.54) is 12.1 Å². The Morgan fingerprint density at radius 2 is 1.76 bits per heavy atom. The van der Waals surface area contributed by atoms with Gasteiger partial charge in [-0.1, -0.05) is 36.4 Å². The van der Waals surface area contributed by atoms with Gasteiger partial charge in [0.15, 0.2) is 0 Å². The van der Waals surface area contributed by atoms with Gasteiger partial charge in [0.05, 0.1) is 5.71 Å². The molecule has 0 aliphatic heterocycles. The maximum atomic E-state index is 13.0. The summed E-state index contributed by atoms with van der Waals surface area (Å²) in [5, 5.41) is 3.92. The van der Waals surface area contributed by atoms with Crippen LogP contribution in [0.3, 0.4) is 0 Å². The van der Waals surface area contributed by atoms with Crippen molar-refractivity contribution in [2.75, 3.05) is 0 Å². The molecule has 0 spiro atoms. The maximum absolute atomic E-state index is 13.0. The van der Waals surface area contributed by atoms with Crippen LogP contribution in [0.4, 0.5) is 9.18 Å². The first-order valence-electron chi connectivity index (χ1n) is 6.27. The number of benzene rings is 2. The van der Waals surface area contributed by atoms with Crippen molar-refractivity contribution >= 4 is 17.8 Å². The second-order valence-corrected chi connectivity index (χ2v) is 4.22. The minimum Gasteiger partial charge on any atom is -0.350 e. The van der Waals surface area contributed by atoms with Gasteiger partial charge in [0, 0.05) is 5.56 Å². The van der Waals surface area contributed by atoms with Crippen LogP contribution in [0.2, 0.25) is 0 Å². The van der Waals surface area contributed by atoms with Crippen molar-refractivity contribution in [2.24, 2.45) is 10.8 Å². The lowest BCUT2D eigenvalue weighted by Crippen LogP contribution is -2.25. The highest BCUT2D eigenvalue weighted by molar-refractivity contribution is 6.10. The van der Waals surface area contributed by atoms with Crippen LogP contribution in [-0.2, 0) is 0 Å². The Kier molecular flexibility index (Phi) is 4.82. The summed E-state index contributed by atoms with van der Waals surface area (Å²) in [6.07, 6.45) is 3.56. The Morgan fingerprint density at radius 1 is 1.10 bits per heavy atom. The number of hydrogen-bond acceptors (Lipinski definition) is 2. The predicted molar refractivity (Wildman–Crippen MR) is 81.1 cm³/mol. The molecule has 3 N–H and O–H groups in total. The molecule has 106 valence electrons. The fraction of sp³-hybridized carbons (Fsp3) is 0. The zero-order valence-electron chi connectivity index (χ0n) is 11.2. The molecule has 2 aromatic rings. The maximum Gasteiger partial charge on any atom is 0.332 e. The number of carbonyl (C=O) groups is 1. The number of primary amides is 1. The Labute approximate surface area is 121 Å². The summed E-state index contributed by atoms with van der Waals surface area (Å²) in [7, 11) is 0. The van der Waals surface area contributed by atoms with E-state index in [2.05, 4.69) is 10.5 Å². The number of amides is 2. The van der Waals surface area contributed by atoms with E-state index in [1.54, 1.807) is 18.2 Å². The number of carbonyl (C=O) groups excluding carboxylic acids is 1. The van der Waals surface area contributed by atoms with Crippen LogP contribution in [0.5, 0.6) is 0 Å². The van der Waals surface area contributed by atoms with E-state index in [0.717, 1.165) is 5.56 Å². The predicted octanol–water partition coefficient (Wildman–Crippen LogP) is 2.91. The minimum atomic E-state index is -0.761. The molecule has 0 heterocycles. The number of halogens is 1. The van der Waals surface area contributed by atoms with Crippen molar-refractivity contribution in [1.82, 2.24) is 5.43 Å². The van der Waals surface area contributed by atoms with Gasteiger partial charge >= 0.3 is 6.03 Å². The Hall–Kier alpha value is -2.95. The van der Waals surface area contributed by atoms with Crippen molar-refractivity contribution in [2.45, 2.75) is 0 Å². The smallest absolute Gasteiger partial charge is 0.332 e. The molecular formula is C16H14FN3O. The van der Waals surface area contributed by atoms with E-state index in [-0.39, 0.29) is 5.82 Å². The number of rotatable bonds is 4. The molecule has 0 aromatic heterocycles. The van der Waals surface area contributed by atoms with E-state index in [9.17, 15) is 9.18 Å². The molecule has 0 aliphatic rings. The summed E-state index contributed by atoms with van der Waals surface area (Å²) in [6, 6.07) is 14.6. The Bertz CT molecular complexity index is 664. The zero-order valence-corrected chi connectivity index (χ0v) is 11.2. The molecule has 0 radical (unpaired) electrons. The van der Waals surface area contributed by atoms with Crippen LogP contribution in [0.15, 0.2) is 65.8 Å². The molecule has 2 rings (SSSR count). The van der Waals surface area contributed by atoms with Crippen molar-refractivity contribution in [3.05, 3.63) is 77.6 Å². The molecule has 21 heavy (non-hydrogen) atoms. The van der Waals surface area contributed by atoms with E-state index in [1.807, 2.05) is 36.4 Å². The number of urea groups is 1. The van der Waals surface area contributed by atoms with E-state index < -0.39 is 6.03 Å². The summed E-state index contributed by atoms with van der Waals surface area (Å²) >= 11 is 0. The number of nitrogens with one attached hydrogen (secondary N) is 1. The molecular weight excluding hydrogens is 269 g/mol. The summed E-state index contributed by atoms with van der Waals surface area (Å²) in [4.78, 5) is 10.8. The zero-order chi connectivity index (χ0) is 15.1. The van der Waals surface area contributed by atoms with E-state index >= 15 is 0 Å². The van der Waals surface area contributed by atoms with Gasteiger partial charge < -0.3 is 5.73 Å². The summed E-state index contributed by atoms with van der Waals surface area (Å²) in [6.45, 7) is 0. The molecule has 2 amide bonds. The highest BCUT2D eigenvalue weighted by atomic mass is 19.1. The van der Waals surface area contributed by atoms with Gasteiger partial charge in [-0.15, -0.1) is 0 Å². The van der Waals surface area contributed by atoms with Crippen LogP contribution in [0, 0.1) is 5.82 Å². The van der Waals surface area contributed by atoms with Crippen LogP contribution in [-0.4, -0.2) is 11.7 Å². The number of nitrogens with zero attached hydrogens (tertiary/aromatic N) is 1. The lowest BCUT2D eigenvalue weighted by molar-refractivity contribution is 0.249. The third-order valence-corrected chi connectivity index (χ3v) is 2.66. The molecule has 5 heteroatoms. The quantitative estimate of drug-likeness (QED) is 0.657. The monoisotopic (exact) mass is 283 g/mol. The number of nitrogens with two attached hydrogens (primary N) is 1. The van der Waals surface area contributed by atoms with Crippen LogP contribution in [0.1, 0.15) is 11.1 Å². The van der Waals surface area contributed by atoms with Crippen molar-refractivity contribution in [3.63, 3.8) is 0 Å². The number of hydrazone groups is 1. The van der Waals surface area contributed by atoms with Crippen LogP contribution in [0.25, 0.3) is 6.08 Å². The first-order valence-corrected chi connectivity index (χ1v) is 6.27. The average Bonchev–Trinajstić information content (AvgIpc) is 2.49. The molecule has 0 fully saturated rings. The fourth-order valence-corrected chi connectivity index (χ4v) is 1.67. The highest BCUT2D eigenvalue weighted by Gasteiger charge is 2.01. The number of allylic oxidation sites excluding steroid dienone is 1. The number of hydrogen-bond donors (Lipinski definition) is 2. The molecule has 0 aliphatic carbocycles. The minimum absolute atomic E-state index is 0.340. The highest BCUT2D eigenvalue weighted by Crippen LogP contribution is 2.08. The van der Waals surface area contributed by atoms with Gasteiger partial charge in [-0.2, -0.15) is 5.10 Å². The molecule has 2 aromatic carbocycles. The van der Waals surface area contributed by atoms with Gasteiger partial charge in [-0.3, -0.25) is 0 Å². The van der Waals surface area contributed by atoms with Crippen LogP contribution < -0.4 is 11.2 Å². The van der Waals surface area contributed by atoms with Gasteiger partial charge in [0.1, 0.15) is 5.82 Å². The third kappa shape index (κ3) is 4.58.